The van der Waals surface area contributed by atoms with E-state index in [1.807, 2.05) is 0 Å². The molecule has 0 bridgehead atoms. The molecule has 2 heterocycles. The zero-order chi connectivity index (χ0) is 19.0. The highest BCUT2D eigenvalue weighted by molar-refractivity contribution is 6.00. The van der Waals surface area contributed by atoms with Gasteiger partial charge in [0.2, 0.25) is 0 Å². The normalized spacial score (nSPS) is 18.0. The second-order valence-electron chi connectivity index (χ2n) is 7.05. The Kier molecular flexibility index (Phi) is 4.34. The smallest absolute Gasteiger partial charge is 0.253 e. The standard InChI is InChI=1S/C21H20FNO4/c1-26-16-6-7-17-18(24)13-21(27-19(17)12-16)8-10-23(11-9-21)20(25)14-2-4-15(22)5-3-14/h2-7,12H,8-11,13H2,1H3. The first-order chi connectivity index (χ1) is 13.0. The van der Waals surface area contributed by atoms with Crippen LogP contribution in [0.15, 0.2) is 42.5 Å². The minimum atomic E-state index is -0.587. The molecule has 0 aliphatic carbocycles. The summed E-state index contributed by atoms with van der Waals surface area (Å²) in [5.41, 5.74) is 0.449. The zero-order valence-electron chi connectivity index (χ0n) is 15.0. The lowest BCUT2D eigenvalue weighted by Gasteiger charge is -2.44. The molecule has 1 amide bonds. The van der Waals surface area contributed by atoms with Crippen molar-refractivity contribution in [3.8, 4) is 11.5 Å². The minimum Gasteiger partial charge on any atom is -0.497 e. The zero-order valence-corrected chi connectivity index (χ0v) is 15.0. The summed E-state index contributed by atoms with van der Waals surface area (Å²) in [6, 6.07) is 10.8. The summed E-state index contributed by atoms with van der Waals surface area (Å²) < 4.78 is 24.5. The number of nitrogens with zero attached hydrogens (tertiary/aromatic N) is 1. The van der Waals surface area contributed by atoms with Crippen LogP contribution in [-0.2, 0) is 0 Å². The third kappa shape index (κ3) is 3.27. The number of hydrogen-bond acceptors (Lipinski definition) is 4. The van der Waals surface area contributed by atoms with Gasteiger partial charge in [0.15, 0.2) is 5.78 Å². The SMILES string of the molecule is COc1ccc2c(c1)OC1(CCN(C(=O)c3ccc(F)cc3)CC1)CC2=O. The number of halogens is 1. The fourth-order valence-corrected chi connectivity index (χ4v) is 3.77. The van der Waals surface area contributed by atoms with Gasteiger partial charge < -0.3 is 14.4 Å². The lowest BCUT2D eigenvalue weighted by atomic mass is 9.82. The minimum absolute atomic E-state index is 0.0530. The number of carbonyl (C=O) groups is 2. The molecule has 2 aliphatic heterocycles. The summed E-state index contributed by atoms with van der Waals surface area (Å²) in [6.07, 6.45) is 1.45. The van der Waals surface area contributed by atoms with Gasteiger partial charge in [0.1, 0.15) is 22.9 Å². The van der Waals surface area contributed by atoms with Crippen molar-refractivity contribution < 1.29 is 23.5 Å². The number of amides is 1. The van der Waals surface area contributed by atoms with Crippen molar-refractivity contribution in [2.75, 3.05) is 20.2 Å². The van der Waals surface area contributed by atoms with Crippen LogP contribution in [0.2, 0.25) is 0 Å². The first-order valence-electron chi connectivity index (χ1n) is 8.95. The van der Waals surface area contributed by atoms with E-state index in [2.05, 4.69) is 0 Å². The Hall–Kier alpha value is -2.89. The van der Waals surface area contributed by atoms with Crippen molar-refractivity contribution in [1.29, 1.82) is 0 Å². The second-order valence-corrected chi connectivity index (χ2v) is 7.05. The maximum absolute atomic E-state index is 13.1. The molecule has 1 saturated heterocycles. The first kappa shape index (κ1) is 17.5. The number of likely N-dealkylation sites (tertiary alicyclic amines) is 1. The Bertz CT molecular complexity index is 886. The molecular formula is C21H20FNO4. The molecule has 0 saturated carbocycles. The predicted octanol–water partition coefficient (Wildman–Crippen LogP) is 3.47. The molecule has 4 rings (SSSR count). The van der Waals surface area contributed by atoms with Gasteiger partial charge in [-0.05, 0) is 36.4 Å². The molecule has 1 fully saturated rings. The Balaban J connectivity index is 1.49. The van der Waals surface area contributed by atoms with E-state index in [1.54, 1.807) is 30.2 Å². The fourth-order valence-electron chi connectivity index (χ4n) is 3.77. The highest BCUT2D eigenvalue weighted by Gasteiger charge is 2.43. The highest BCUT2D eigenvalue weighted by atomic mass is 19.1. The van der Waals surface area contributed by atoms with Gasteiger partial charge in [-0.3, -0.25) is 9.59 Å². The first-order valence-corrected chi connectivity index (χ1v) is 8.95. The van der Waals surface area contributed by atoms with Crippen LogP contribution >= 0.6 is 0 Å². The van der Waals surface area contributed by atoms with Crippen molar-refractivity contribution in [3.05, 3.63) is 59.4 Å². The lowest BCUT2D eigenvalue weighted by Crippen LogP contribution is -2.52. The molecule has 5 nitrogen and oxygen atoms in total. The third-order valence-corrected chi connectivity index (χ3v) is 5.35. The van der Waals surface area contributed by atoms with E-state index in [0.29, 0.717) is 55.0 Å². The van der Waals surface area contributed by atoms with Crippen LogP contribution in [-0.4, -0.2) is 42.4 Å². The Labute approximate surface area is 156 Å². The largest absolute Gasteiger partial charge is 0.497 e. The van der Waals surface area contributed by atoms with Crippen LogP contribution in [0.5, 0.6) is 11.5 Å². The maximum atomic E-state index is 13.1. The van der Waals surface area contributed by atoms with Gasteiger partial charge in [-0.25, -0.2) is 4.39 Å². The number of rotatable bonds is 2. The monoisotopic (exact) mass is 369 g/mol. The van der Waals surface area contributed by atoms with Crippen molar-refractivity contribution in [1.82, 2.24) is 4.90 Å². The third-order valence-electron chi connectivity index (χ3n) is 5.35. The molecule has 140 valence electrons. The van der Waals surface area contributed by atoms with Crippen LogP contribution in [0.1, 0.15) is 40.0 Å². The predicted molar refractivity (Wildman–Crippen MR) is 96.8 cm³/mol. The van der Waals surface area contributed by atoms with Crippen molar-refractivity contribution in [2.24, 2.45) is 0 Å². The van der Waals surface area contributed by atoms with E-state index < -0.39 is 5.60 Å². The molecular weight excluding hydrogens is 349 g/mol. The molecule has 6 heteroatoms. The molecule has 1 spiro atoms. The van der Waals surface area contributed by atoms with Crippen molar-refractivity contribution >= 4 is 11.7 Å². The van der Waals surface area contributed by atoms with Crippen LogP contribution in [0.25, 0.3) is 0 Å². The van der Waals surface area contributed by atoms with Gasteiger partial charge in [-0.15, -0.1) is 0 Å². The average Bonchev–Trinajstić information content (AvgIpc) is 2.68. The van der Waals surface area contributed by atoms with Gasteiger partial charge >= 0.3 is 0 Å². The van der Waals surface area contributed by atoms with Crippen LogP contribution < -0.4 is 9.47 Å². The van der Waals surface area contributed by atoms with E-state index in [9.17, 15) is 14.0 Å². The quantitative estimate of drug-likeness (QED) is 0.813. The van der Waals surface area contributed by atoms with Gasteiger partial charge in [0, 0.05) is 37.6 Å². The molecule has 0 N–H and O–H groups in total. The summed E-state index contributed by atoms with van der Waals surface area (Å²) in [7, 11) is 1.57. The van der Waals surface area contributed by atoms with E-state index >= 15 is 0 Å². The Morgan fingerprint density at radius 3 is 2.52 bits per heavy atom. The summed E-state index contributed by atoms with van der Waals surface area (Å²) in [5.74, 6) is 0.741. The van der Waals surface area contributed by atoms with E-state index in [4.69, 9.17) is 9.47 Å². The molecule has 0 aromatic heterocycles. The number of carbonyl (C=O) groups excluding carboxylic acids is 2. The molecule has 0 atom stereocenters. The second kappa shape index (κ2) is 6.68. The van der Waals surface area contributed by atoms with Crippen LogP contribution in [0.4, 0.5) is 4.39 Å². The molecule has 0 unspecified atom stereocenters. The van der Waals surface area contributed by atoms with E-state index in [1.165, 1.54) is 24.3 Å². The number of ether oxygens (including phenoxy) is 2. The maximum Gasteiger partial charge on any atom is 0.253 e. The van der Waals surface area contributed by atoms with E-state index in [-0.39, 0.29) is 17.5 Å². The molecule has 2 aliphatic rings. The average molecular weight is 369 g/mol. The number of fused-ring (bicyclic) bond motifs is 1. The molecule has 0 radical (unpaired) electrons. The van der Waals surface area contributed by atoms with Gasteiger partial charge in [0.05, 0.1) is 19.1 Å². The van der Waals surface area contributed by atoms with Crippen LogP contribution in [0.3, 0.4) is 0 Å². The molecule has 2 aromatic rings. The number of ketones is 1. The topological polar surface area (TPSA) is 55.8 Å². The number of methoxy groups -OCH3 is 1. The summed E-state index contributed by atoms with van der Waals surface area (Å²) in [5, 5.41) is 0. The number of hydrogen-bond donors (Lipinski definition) is 0. The Morgan fingerprint density at radius 2 is 1.85 bits per heavy atom. The summed E-state index contributed by atoms with van der Waals surface area (Å²) in [4.78, 5) is 26.9. The lowest BCUT2D eigenvalue weighted by molar-refractivity contribution is -0.00580. The van der Waals surface area contributed by atoms with Crippen molar-refractivity contribution in [2.45, 2.75) is 24.9 Å². The number of Topliss-reactive ketones (excluding diaryl/α,β-unsaturated/α-hetero) is 1. The van der Waals surface area contributed by atoms with Gasteiger partial charge in [-0.2, -0.15) is 0 Å². The Morgan fingerprint density at radius 1 is 1.15 bits per heavy atom. The molecule has 27 heavy (non-hydrogen) atoms. The van der Waals surface area contributed by atoms with Gasteiger partial charge in [-0.1, -0.05) is 0 Å². The van der Waals surface area contributed by atoms with Crippen molar-refractivity contribution in [3.63, 3.8) is 0 Å². The summed E-state index contributed by atoms with van der Waals surface area (Å²) in [6.45, 7) is 0.978. The number of benzene rings is 2. The van der Waals surface area contributed by atoms with E-state index in [0.717, 1.165) is 0 Å². The molecule has 2 aromatic carbocycles. The number of piperidine rings is 1. The van der Waals surface area contributed by atoms with Crippen LogP contribution in [0, 0.1) is 5.82 Å². The highest BCUT2D eigenvalue weighted by Crippen LogP contribution is 2.40. The summed E-state index contributed by atoms with van der Waals surface area (Å²) >= 11 is 0. The van der Waals surface area contributed by atoms with Gasteiger partial charge in [0.25, 0.3) is 5.91 Å². The fraction of sp³-hybridized carbons (Fsp3) is 0.333.